The first-order valence-corrected chi connectivity index (χ1v) is 7.06. The molecule has 2 aromatic rings. The minimum atomic E-state index is 0.692. The van der Waals surface area contributed by atoms with E-state index in [9.17, 15) is 0 Å². The van der Waals surface area contributed by atoms with E-state index in [1.807, 2.05) is 25.1 Å². The Morgan fingerprint density at radius 1 is 1.20 bits per heavy atom. The van der Waals surface area contributed by atoms with Gasteiger partial charge in [0.25, 0.3) is 0 Å². The number of hydrogen-bond acceptors (Lipinski definition) is 3. The van der Waals surface area contributed by atoms with E-state index in [1.54, 1.807) is 0 Å². The standard InChI is InChI=1S/C17H20N2O/c1-13-12-15(6-7-16(13)18)20-11-10-19-9-8-14-4-2-3-5-17(14)19/h2-7,12H,8-11,18H2,1H3. The summed E-state index contributed by atoms with van der Waals surface area (Å²) in [5.41, 5.74) is 10.5. The van der Waals surface area contributed by atoms with Crippen LogP contribution in [0.5, 0.6) is 5.75 Å². The molecule has 0 aliphatic carbocycles. The van der Waals surface area contributed by atoms with Gasteiger partial charge in [-0.2, -0.15) is 0 Å². The fraction of sp³-hybridized carbons (Fsp3) is 0.294. The number of nitrogens with zero attached hydrogens (tertiary/aromatic N) is 1. The summed E-state index contributed by atoms with van der Waals surface area (Å²) in [4.78, 5) is 2.39. The largest absolute Gasteiger partial charge is 0.492 e. The van der Waals surface area contributed by atoms with Crippen LogP contribution in [0.25, 0.3) is 0 Å². The van der Waals surface area contributed by atoms with Crippen molar-refractivity contribution in [2.24, 2.45) is 0 Å². The van der Waals surface area contributed by atoms with Crippen molar-refractivity contribution in [2.45, 2.75) is 13.3 Å². The third kappa shape index (κ3) is 2.57. The van der Waals surface area contributed by atoms with E-state index in [4.69, 9.17) is 10.5 Å². The lowest BCUT2D eigenvalue weighted by Gasteiger charge is -2.19. The van der Waals surface area contributed by atoms with Crippen LogP contribution in [0, 0.1) is 6.92 Å². The van der Waals surface area contributed by atoms with Crippen molar-refractivity contribution in [1.29, 1.82) is 0 Å². The molecule has 1 heterocycles. The number of para-hydroxylation sites is 1. The normalized spacial score (nSPS) is 13.3. The molecule has 0 bridgehead atoms. The van der Waals surface area contributed by atoms with Gasteiger partial charge in [0.2, 0.25) is 0 Å². The lowest BCUT2D eigenvalue weighted by Crippen LogP contribution is -2.26. The van der Waals surface area contributed by atoms with Gasteiger partial charge < -0.3 is 15.4 Å². The summed E-state index contributed by atoms with van der Waals surface area (Å²) in [6, 6.07) is 14.4. The van der Waals surface area contributed by atoms with Gasteiger partial charge in [0.05, 0.1) is 6.54 Å². The summed E-state index contributed by atoms with van der Waals surface area (Å²) in [5, 5.41) is 0. The van der Waals surface area contributed by atoms with Gasteiger partial charge in [0, 0.05) is 17.9 Å². The molecule has 3 nitrogen and oxygen atoms in total. The molecule has 3 rings (SSSR count). The molecule has 0 amide bonds. The summed E-state index contributed by atoms with van der Waals surface area (Å²) in [5.74, 6) is 0.893. The van der Waals surface area contributed by atoms with Crippen LogP contribution < -0.4 is 15.4 Å². The number of anilines is 2. The number of ether oxygens (including phenoxy) is 1. The number of hydrogen-bond donors (Lipinski definition) is 1. The zero-order valence-electron chi connectivity index (χ0n) is 11.8. The van der Waals surface area contributed by atoms with Gasteiger partial charge in [-0.15, -0.1) is 0 Å². The molecule has 104 valence electrons. The summed E-state index contributed by atoms with van der Waals surface area (Å²) >= 11 is 0. The van der Waals surface area contributed by atoms with Gasteiger partial charge in [-0.3, -0.25) is 0 Å². The highest BCUT2D eigenvalue weighted by Crippen LogP contribution is 2.27. The summed E-state index contributed by atoms with van der Waals surface area (Å²) in [6.45, 7) is 4.69. The Labute approximate surface area is 120 Å². The van der Waals surface area contributed by atoms with Crippen LogP contribution in [0.1, 0.15) is 11.1 Å². The Balaban J connectivity index is 1.57. The Morgan fingerprint density at radius 2 is 2.05 bits per heavy atom. The van der Waals surface area contributed by atoms with Crippen LogP contribution in [0.3, 0.4) is 0 Å². The van der Waals surface area contributed by atoms with E-state index in [-0.39, 0.29) is 0 Å². The number of fused-ring (bicyclic) bond motifs is 1. The van der Waals surface area contributed by atoms with Crippen LogP contribution in [-0.4, -0.2) is 19.7 Å². The SMILES string of the molecule is Cc1cc(OCCN2CCc3ccccc32)ccc1N. The Kier molecular flexibility index (Phi) is 3.50. The molecule has 0 saturated heterocycles. The third-order valence-corrected chi connectivity index (χ3v) is 3.85. The van der Waals surface area contributed by atoms with Gasteiger partial charge in [-0.05, 0) is 48.7 Å². The Hall–Kier alpha value is -2.16. The maximum atomic E-state index is 5.82. The second kappa shape index (κ2) is 5.45. The fourth-order valence-corrected chi connectivity index (χ4v) is 2.65. The molecule has 2 aromatic carbocycles. The van der Waals surface area contributed by atoms with Crippen molar-refractivity contribution in [3.63, 3.8) is 0 Å². The first-order chi connectivity index (χ1) is 9.74. The van der Waals surface area contributed by atoms with Gasteiger partial charge in [0.15, 0.2) is 0 Å². The van der Waals surface area contributed by atoms with Gasteiger partial charge in [0.1, 0.15) is 12.4 Å². The highest BCUT2D eigenvalue weighted by atomic mass is 16.5. The van der Waals surface area contributed by atoms with E-state index in [1.165, 1.54) is 11.3 Å². The number of benzene rings is 2. The van der Waals surface area contributed by atoms with Crippen molar-refractivity contribution in [3.05, 3.63) is 53.6 Å². The number of aryl methyl sites for hydroxylation is 1. The predicted octanol–water partition coefficient (Wildman–Crippen LogP) is 3.02. The fourth-order valence-electron chi connectivity index (χ4n) is 2.65. The predicted molar refractivity (Wildman–Crippen MR) is 83.4 cm³/mol. The van der Waals surface area contributed by atoms with Crippen molar-refractivity contribution in [3.8, 4) is 5.75 Å². The molecule has 2 N–H and O–H groups in total. The van der Waals surface area contributed by atoms with Gasteiger partial charge in [-0.25, -0.2) is 0 Å². The second-order valence-electron chi connectivity index (χ2n) is 5.23. The molecular weight excluding hydrogens is 248 g/mol. The second-order valence-corrected chi connectivity index (χ2v) is 5.23. The zero-order valence-corrected chi connectivity index (χ0v) is 11.8. The number of nitrogen functional groups attached to an aromatic ring is 1. The maximum absolute atomic E-state index is 5.82. The van der Waals surface area contributed by atoms with E-state index in [2.05, 4.69) is 29.2 Å². The maximum Gasteiger partial charge on any atom is 0.119 e. The van der Waals surface area contributed by atoms with Crippen LogP contribution >= 0.6 is 0 Å². The first-order valence-electron chi connectivity index (χ1n) is 7.06. The number of rotatable bonds is 4. The summed E-state index contributed by atoms with van der Waals surface area (Å²) < 4.78 is 5.82. The minimum absolute atomic E-state index is 0.692. The van der Waals surface area contributed by atoms with Crippen LogP contribution in [0.2, 0.25) is 0 Å². The zero-order chi connectivity index (χ0) is 13.9. The highest BCUT2D eigenvalue weighted by molar-refractivity contribution is 5.57. The van der Waals surface area contributed by atoms with Gasteiger partial charge >= 0.3 is 0 Å². The van der Waals surface area contributed by atoms with Crippen LogP contribution in [0.15, 0.2) is 42.5 Å². The lowest BCUT2D eigenvalue weighted by atomic mass is 10.2. The first kappa shape index (κ1) is 12.9. The van der Waals surface area contributed by atoms with Crippen molar-refractivity contribution >= 4 is 11.4 Å². The molecule has 0 unspecified atom stereocenters. The summed E-state index contributed by atoms with van der Waals surface area (Å²) in [7, 11) is 0. The molecule has 3 heteroatoms. The topological polar surface area (TPSA) is 38.5 Å². The highest BCUT2D eigenvalue weighted by Gasteiger charge is 2.17. The smallest absolute Gasteiger partial charge is 0.119 e. The molecule has 1 aliphatic rings. The Morgan fingerprint density at radius 3 is 2.90 bits per heavy atom. The lowest BCUT2D eigenvalue weighted by molar-refractivity contribution is 0.324. The van der Waals surface area contributed by atoms with Crippen molar-refractivity contribution < 1.29 is 4.74 Å². The monoisotopic (exact) mass is 268 g/mol. The Bertz CT molecular complexity index is 610. The van der Waals surface area contributed by atoms with E-state index < -0.39 is 0 Å². The van der Waals surface area contributed by atoms with Crippen LogP contribution in [-0.2, 0) is 6.42 Å². The molecule has 0 saturated carbocycles. The molecule has 1 aliphatic heterocycles. The van der Waals surface area contributed by atoms with E-state index in [0.29, 0.717) is 6.61 Å². The minimum Gasteiger partial charge on any atom is -0.492 e. The van der Waals surface area contributed by atoms with Crippen molar-refractivity contribution in [2.75, 3.05) is 30.3 Å². The van der Waals surface area contributed by atoms with E-state index in [0.717, 1.165) is 36.5 Å². The quantitative estimate of drug-likeness (QED) is 0.866. The molecule has 0 atom stereocenters. The molecule has 0 aromatic heterocycles. The molecule has 0 radical (unpaired) electrons. The van der Waals surface area contributed by atoms with E-state index >= 15 is 0 Å². The average Bonchev–Trinajstić information content (AvgIpc) is 2.86. The molecular formula is C17H20N2O. The molecule has 0 spiro atoms. The average molecular weight is 268 g/mol. The third-order valence-electron chi connectivity index (χ3n) is 3.85. The van der Waals surface area contributed by atoms with Crippen LogP contribution in [0.4, 0.5) is 11.4 Å². The van der Waals surface area contributed by atoms with Gasteiger partial charge in [-0.1, -0.05) is 18.2 Å². The molecule has 20 heavy (non-hydrogen) atoms. The van der Waals surface area contributed by atoms with Crippen molar-refractivity contribution in [1.82, 2.24) is 0 Å². The number of nitrogens with two attached hydrogens (primary N) is 1. The summed E-state index contributed by atoms with van der Waals surface area (Å²) in [6.07, 6.45) is 1.14. The molecule has 0 fully saturated rings.